The zero-order valence-electron chi connectivity index (χ0n) is 15.9. The third-order valence-electron chi connectivity index (χ3n) is 5.62. The van der Waals surface area contributed by atoms with Gasteiger partial charge in [-0.1, -0.05) is 36.4 Å². The lowest BCUT2D eigenvalue weighted by atomic mass is 9.79. The van der Waals surface area contributed by atoms with Crippen molar-refractivity contribution in [1.82, 2.24) is 0 Å². The quantitative estimate of drug-likeness (QED) is 0.756. The van der Waals surface area contributed by atoms with E-state index in [2.05, 4.69) is 6.07 Å². The van der Waals surface area contributed by atoms with Gasteiger partial charge in [-0.15, -0.1) is 0 Å². The van der Waals surface area contributed by atoms with Crippen LogP contribution in [-0.2, 0) is 19.7 Å². The summed E-state index contributed by atoms with van der Waals surface area (Å²) in [4.78, 5) is 15.3. The van der Waals surface area contributed by atoms with E-state index in [-0.39, 0.29) is 12.1 Å². The summed E-state index contributed by atoms with van der Waals surface area (Å²) >= 11 is 0. The van der Waals surface area contributed by atoms with Crippen LogP contribution in [0.3, 0.4) is 0 Å². The van der Waals surface area contributed by atoms with Crippen LogP contribution >= 0.6 is 0 Å². The third kappa shape index (κ3) is 3.43. The molecule has 1 saturated heterocycles. The second kappa shape index (κ2) is 7.29. The second-order valence-electron chi connectivity index (χ2n) is 7.46. The van der Waals surface area contributed by atoms with Crippen molar-refractivity contribution >= 4 is 11.5 Å². The van der Waals surface area contributed by atoms with Gasteiger partial charge in [0.2, 0.25) is 0 Å². The average molecular weight is 363 g/mol. The van der Waals surface area contributed by atoms with Crippen molar-refractivity contribution in [2.75, 3.05) is 25.2 Å². The highest BCUT2D eigenvalue weighted by molar-refractivity contribution is 6.05. The number of ether oxygens (including phenoxy) is 2. The van der Waals surface area contributed by atoms with Gasteiger partial charge in [-0.2, -0.15) is 0 Å². The Hall–Kier alpha value is -2.43. The van der Waals surface area contributed by atoms with Gasteiger partial charge in [-0.05, 0) is 43.5 Å². The fourth-order valence-electron chi connectivity index (χ4n) is 3.92. The molecule has 4 nitrogen and oxygen atoms in total. The van der Waals surface area contributed by atoms with Gasteiger partial charge in [0.15, 0.2) is 12.1 Å². The molecule has 2 aliphatic rings. The number of benzene rings is 2. The normalized spacial score (nSPS) is 24.7. The molecule has 4 heteroatoms. The maximum Gasteiger partial charge on any atom is 0.184 e. The summed E-state index contributed by atoms with van der Waals surface area (Å²) in [6.45, 7) is 3.28. The molecule has 2 fully saturated rings. The Labute approximate surface area is 160 Å². The molecule has 0 aromatic heterocycles. The average Bonchev–Trinajstić information content (AvgIpc) is 3.34. The largest absolute Gasteiger partial charge is 0.351 e. The number of rotatable bonds is 4. The van der Waals surface area contributed by atoms with Crippen LogP contribution in [0, 0.1) is 0 Å². The minimum Gasteiger partial charge on any atom is -0.351 e. The third-order valence-corrected chi connectivity index (χ3v) is 5.62. The first-order valence-corrected chi connectivity index (χ1v) is 9.45. The maximum absolute atomic E-state index is 13.3. The molecular weight excluding hydrogens is 338 g/mol. The second-order valence-corrected chi connectivity index (χ2v) is 7.46. The predicted octanol–water partition coefficient (Wildman–Crippen LogP) is 4.37. The number of carbonyl (C=O) groups is 1. The summed E-state index contributed by atoms with van der Waals surface area (Å²) < 4.78 is 11.2. The number of Topliss-reactive ketones (excluding diaryl/α,β-unsaturated/α-hetero) is 1. The van der Waals surface area contributed by atoms with Crippen molar-refractivity contribution in [2.45, 2.75) is 31.5 Å². The molecule has 0 spiro atoms. The highest BCUT2D eigenvalue weighted by Gasteiger charge is 2.42. The topological polar surface area (TPSA) is 38.8 Å². The van der Waals surface area contributed by atoms with Gasteiger partial charge in [0.05, 0.1) is 18.6 Å². The molecule has 2 aromatic rings. The van der Waals surface area contributed by atoms with Crippen LogP contribution < -0.4 is 4.90 Å². The Kier molecular flexibility index (Phi) is 4.85. The van der Waals surface area contributed by atoms with Gasteiger partial charge >= 0.3 is 0 Å². The number of ketones is 1. The van der Waals surface area contributed by atoms with Crippen LogP contribution in [-0.4, -0.2) is 26.0 Å². The van der Waals surface area contributed by atoms with Gasteiger partial charge in [0, 0.05) is 30.1 Å². The van der Waals surface area contributed by atoms with Crippen LogP contribution in [0.1, 0.15) is 37.2 Å². The van der Waals surface area contributed by atoms with Crippen molar-refractivity contribution < 1.29 is 14.3 Å². The number of hydrogen-bond acceptors (Lipinski definition) is 4. The summed E-state index contributed by atoms with van der Waals surface area (Å²) in [6.07, 6.45) is 3.27. The Morgan fingerprint density at radius 3 is 2.56 bits per heavy atom. The molecule has 0 N–H and O–H groups in total. The van der Waals surface area contributed by atoms with E-state index in [0.29, 0.717) is 13.2 Å². The van der Waals surface area contributed by atoms with Crippen molar-refractivity contribution in [3.8, 4) is 0 Å². The Morgan fingerprint density at radius 1 is 1.07 bits per heavy atom. The summed E-state index contributed by atoms with van der Waals surface area (Å²) in [7, 11) is 1.99. The fraction of sp³-hybridized carbons (Fsp3) is 0.348. The minimum atomic E-state index is -0.502. The first-order valence-electron chi connectivity index (χ1n) is 9.45. The van der Waals surface area contributed by atoms with E-state index in [4.69, 9.17) is 9.47 Å². The zero-order valence-corrected chi connectivity index (χ0v) is 15.9. The molecule has 2 aromatic carbocycles. The van der Waals surface area contributed by atoms with Crippen LogP contribution in [0.25, 0.3) is 0 Å². The zero-order chi connectivity index (χ0) is 18.9. The fourth-order valence-corrected chi connectivity index (χ4v) is 3.92. The molecule has 1 aliphatic carbocycles. The van der Waals surface area contributed by atoms with Crippen LogP contribution in [0.2, 0.25) is 0 Å². The van der Waals surface area contributed by atoms with E-state index >= 15 is 0 Å². The molecule has 0 bridgehead atoms. The number of para-hydroxylation sites is 1. The molecule has 1 unspecified atom stereocenters. The lowest BCUT2D eigenvalue weighted by Crippen LogP contribution is -2.28. The molecule has 1 aliphatic heterocycles. The summed E-state index contributed by atoms with van der Waals surface area (Å²) in [5.41, 5.74) is 3.47. The van der Waals surface area contributed by atoms with E-state index in [1.807, 2.05) is 73.6 Å². The molecule has 1 saturated carbocycles. The Morgan fingerprint density at radius 2 is 1.81 bits per heavy atom. The lowest BCUT2D eigenvalue weighted by Gasteiger charge is -2.24. The molecule has 27 heavy (non-hydrogen) atoms. The van der Waals surface area contributed by atoms with Crippen molar-refractivity contribution in [3.63, 3.8) is 0 Å². The van der Waals surface area contributed by atoms with E-state index in [9.17, 15) is 4.79 Å². The molecule has 1 heterocycles. The standard InChI is InChI=1S/C23H25NO3/c1-23(19-8-6-7-17(15-19)22-26-13-14-27-22)12-11-18(21(23)25)16-24(2)20-9-4-3-5-10-20/h3-10,15-16,22H,11-14H2,1-2H3/b18-16+. The van der Waals surface area contributed by atoms with Crippen molar-refractivity contribution in [1.29, 1.82) is 0 Å². The maximum atomic E-state index is 13.3. The van der Waals surface area contributed by atoms with E-state index in [1.54, 1.807) is 0 Å². The number of anilines is 1. The summed E-state index contributed by atoms with van der Waals surface area (Å²) in [5.74, 6) is 0.204. The monoisotopic (exact) mass is 363 g/mol. The van der Waals surface area contributed by atoms with E-state index in [0.717, 1.165) is 35.2 Å². The molecular formula is C23H25NO3. The van der Waals surface area contributed by atoms with Gasteiger partial charge in [-0.3, -0.25) is 4.79 Å². The van der Waals surface area contributed by atoms with Gasteiger partial charge in [-0.25, -0.2) is 0 Å². The van der Waals surface area contributed by atoms with Gasteiger partial charge in [0.25, 0.3) is 0 Å². The molecule has 4 rings (SSSR count). The number of nitrogens with zero attached hydrogens (tertiary/aromatic N) is 1. The Balaban J connectivity index is 1.58. The van der Waals surface area contributed by atoms with Gasteiger partial charge in [0.1, 0.15) is 0 Å². The number of allylic oxidation sites excluding steroid dienone is 1. The predicted molar refractivity (Wildman–Crippen MR) is 106 cm³/mol. The summed E-state index contributed by atoms with van der Waals surface area (Å²) in [6, 6.07) is 18.2. The first-order chi connectivity index (χ1) is 13.1. The van der Waals surface area contributed by atoms with Crippen molar-refractivity contribution in [3.05, 3.63) is 77.5 Å². The van der Waals surface area contributed by atoms with Crippen molar-refractivity contribution in [2.24, 2.45) is 0 Å². The van der Waals surface area contributed by atoms with Gasteiger partial charge < -0.3 is 14.4 Å². The van der Waals surface area contributed by atoms with E-state index < -0.39 is 5.41 Å². The molecule has 1 atom stereocenters. The molecule has 140 valence electrons. The van der Waals surface area contributed by atoms with Crippen LogP contribution in [0.4, 0.5) is 5.69 Å². The molecule has 0 radical (unpaired) electrons. The number of hydrogen-bond donors (Lipinski definition) is 0. The van der Waals surface area contributed by atoms with Crippen LogP contribution in [0.5, 0.6) is 0 Å². The highest BCUT2D eigenvalue weighted by Crippen LogP contribution is 2.42. The first kappa shape index (κ1) is 18.0. The Bertz CT molecular complexity index is 855. The molecule has 0 amide bonds. The lowest BCUT2D eigenvalue weighted by molar-refractivity contribution is -0.118. The minimum absolute atomic E-state index is 0.204. The SMILES string of the molecule is CN(/C=C1\CCC(C)(c2cccc(C3OCCO3)c2)C1=O)c1ccccc1. The summed E-state index contributed by atoms with van der Waals surface area (Å²) in [5, 5.41) is 0. The van der Waals surface area contributed by atoms with Crippen LogP contribution in [0.15, 0.2) is 66.4 Å². The smallest absolute Gasteiger partial charge is 0.184 e. The number of carbonyl (C=O) groups excluding carboxylic acids is 1. The highest BCUT2D eigenvalue weighted by atomic mass is 16.7. The van der Waals surface area contributed by atoms with E-state index in [1.165, 1.54) is 0 Å².